The van der Waals surface area contributed by atoms with Gasteiger partial charge < -0.3 is 5.32 Å². The van der Waals surface area contributed by atoms with Gasteiger partial charge in [-0.1, -0.05) is 58.4 Å². The highest BCUT2D eigenvalue weighted by atomic mass is 79.9. The van der Waals surface area contributed by atoms with Gasteiger partial charge in [0.25, 0.3) is 0 Å². The molecule has 1 amide bonds. The molecule has 2 aromatic rings. The van der Waals surface area contributed by atoms with Crippen LogP contribution in [-0.2, 0) is 16.8 Å². The molecule has 1 aliphatic rings. The van der Waals surface area contributed by atoms with E-state index in [9.17, 15) is 4.79 Å². The lowest BCUT2D eigenvalue weighted by Gasteiger charge is -2.15. The summed E-state index contributed by atoms with van der Waals surface area (Å²) >= 11 is 3.41. The van der Waals surface area contributed by atoms with Gasteiger partial charge in [-0.15, -0.1) is 0 Å². The number of nitrogens with one attached hydrogen (secondary N) is 1. The average Bonchev–Trinajstić information content (AvgIpc) is 3.29. The summed E-state index contributed by atoms with van der Waals surface area (Å²) in [5, 5.41) is 3.07. The summed E-state index contributed by atoms with van der Waals surface area (Å²) in [5.74, 6) is 0.145. The normalized spacial score (nSPS) is 15.7. The molecule has 0 bridgehead atoms. The van der Waals surface area contributed by atoms with Crippen molar-refractivity contribution in [2.75, 3.05) is 0 Å². The molecule has 3 rings (SSSR count). The zero-order valence-electron chi connectivity index (χ0n) is 11.1. The Hall–Kier alpha value is -1.61. The zero-order chi connectivity index (χ0) is 14.0. The molecule has 0 heterocycles. The summed E-state index contributed by atoms with van der Waals surface area (Å²) in [4.78, 5) is 12.4. The predicted molar refractivity (Wildman–Crippen MR) is 83.3 cm³/mol. The van der Waals surface area contributed by atoms with E-state index >= 15 is 0 Å². The number of halogens is 1. The van der Waals surface area contributed by atoms with Gasteiger partial charge in [-0.25, -0.2) is 0 Å². The Labute approximate surface area is 127 Å². The molecule has 2 nitrogen and oxygen atoms in total. The van der Waals surface area contributed by atoms with E-state index in [0.717, 1.165) is 28.4 Å². The van der Waals surface area contributed by atoms with Gasteiger partial charge in [0.05, 0.1) is 5.41 Å². The molecule has 0 radical (unpaired) electrons. The maximum atomic E-state index is 12.4. The van der Waals surface area contributed by atoms with Gasteiger partial charge in [0, 0.05) is 11.0 Å². The minimum Gasteiger partial charge on any atom is -0.351 e. The highest BCUT2D eigenvalue weighted by Gasteiger charge is 2.50. The maximum absolute atomic E-state index is 12.4. The molecule has 2 aromatic carbocycles. The molecule has 0 atom stereocenters. The minimum absolute atomic E-state index is 0.145. The molecule has 0 aromatic heterocycles. The van der Waals surface area contributed by atoms with Crippen molar-refractivity contribution in [2.45, 2.75) is 24.8 Å². The van der Waals surface area contributed by atoms with Crippen molar-refractivity contribution >= 4 is 21.8 Å². The van der Waals surface area contributed by atoms with E-state index in [1.165, 1.54) is 0 Å². The van der Waals surface area contributed by atoms with Gasteiger partial charge in [-0.2, -0.15) is 0 Å². The van der Waals surface area contributed by atoms with Crippen molar-refractivity contribution in [3.05, 3.63) is 70.2 Å². The van der Waals surface area contributed by atoms with Crippen LogP contribution in [0, 0.1) is 0 Å². The standard InChI is InChI=1S/C17H16BrNO/c18-15-8-6-13(7-9-15)12-19-16(20)17(10-11-17)14-4-2-1-3-5-14/h1-9H,10-12H2,(H,19,20). The first-order chi connectivity index (χ1) is 9.71. The molecule has 1 aliphatic carbocycles. The number of rotatable bonds is 4. The van der Waals surface area contributed by atoms with Gasteiger partial charge in [0.1, 0.15) is 0 Å². The molecule has 1 N–H and O–H groups in total. The summed E-state index contributed by atoms with van der Waals surface area (Å²) in [7, 11) is 0. The van der Waals surface area contributed by atoms with Crippen LogP contribution in [0.3, 0.4) is 0 Å². The summed E-state index contributed by atoms with van der Waals surface area (Å²) in [6.07, 6.45) is 1.90. The quantitative estimate of drug-likeness (QED) is 0.908. The van der Waals surface area contributed by atoms with E-state index in [2.05, 4.69) is 21.2 Å². The van der Waals surface area contributed by atoms with Crippen molar-refractivity contribution in [1.29, 1.82) is 0 Å². The molecule has 0 spiro atoms. The van der Waals surface area contributed by atoms with Crippen LogP contribution in [0.5, 0.6) is 0 Å². The molecule has 0 saturated heterocycles. The minimum atomic E-state index is -0.281. The Bertz CT molecular complexity index is 603. The van der Waals surface area contributed by atoms with E-state index in [1.807, 2.05) is 54.6 Å². The molecule has 0 unspecified atom stereocenters. The van der Waals surface area contributed by atoms with E-state index in [0.29, 0.717) is 6.54 Å². The third-order valence-electron chi connectivity index (χ3n) is 3.88. The van der Waals surface area contributed by atoms with Crippen LogP contribution < -0.4 is 5.32 Å². The average molecular weight is 330 g/mol. The van der Waals surface area contributed by atoms with Gasteiger partial charge >= 0.3 is 0 Å². The van der Waals surface area contributed by atoms with Crippen LogP contribution in [0.1, 0.15) is 24.0 Å². The van der Waals surface area contributed by atoms with Crippen LogP contribution in [0.25, 0.3) is 0 Å². The van der Waals surface area contributed by atoms with Crippen LogP contribution in [-0.4, -0.2) is 5.91 Å². The SMILES string of the molecule is O=C(NCc1ccc(Br)cc1)C1(c2ccccc2)CC1. The second-order valence-corrected chi connectivity index (χ2v) is 6.17. The fourth-order valence-electron chi connectivity index (χ4n) is 2.48. The molecular formula is C17H16BrNO. The van der Waals surface area contributed by atoms with Crippen LogP contribution in [0.4, 0.5) is 0 Å². The summed E-state index contributed by atoms with van der Waals surface area (Å²) in [6.45, 7) is 0.584. The fraction of sp³-hybridized carbons (Fsp3) is 0.235. The van der Waals surface area contributed by atoms with Crippen molar-refractivity contribution in [2.24, 2.45) is 0 Å². The topological polar surface area (TPSA) is 29.1 Å². The van der Waals surface area contributed by atoms with E-state index in [4.69, 9.17) is 0 Å². The van der Waals surface area contributed by atoms with Gasteiger partial charge in [-0.05, 0) is 36.1 Å². The second-order valence-electron chi connectivity index (χ2n) is 5.26. The van der Waals surface area contributed by atoms with Crippen LogP contribution in [0.2, 0.25) is 0 Å². The van der Waals surface area contributed by atoms with E-state index in [1.54, 1.807) is 0 Å². The summed E-state index contributed by atoms with van der Waals surface area (Å²) in [6, 6.07) is 18.1. The number of amides is 1. The molecule has 3 heteroatoms. The highest BCUT2D eigenvalue weighted by molar-refractivity contribution is 9.10. The lowest BCUT2D eigenvalue weighted by atomic mass is 9.95. The van der Waals surface area contributed by atoms with Crippen LogP contribution >= 0.6 is 15.9 Å². The molecular weight excluding hydrogens is 314 g/mol. The molecule has 102 valence electrons. The predicted octanol–water partition coefficient (Wildman–Crippen LogP) is 3.80. The van der Waals surface area contributed by atoms with Crippen molar-refractivity contribution in [3.63, 3.8) is 0 Å². The Morgan fingerprint density at radius 3 is 2.30 bits per heavy atom. The van der Waals surface area contributed by atoms with Crippen LogP contribution in [0.15, 0.2) is 59.1 Å². The number of benzene rings is 2. The number of carbonyl (C=O) groups excluding carboxylic acids is 1. The van der Waals surface area contributed by atoms with Crippen molar-refractivity contribution in [3.8, 4) is 0 Å². The Kier molecular flexibility index (Phi) is 3.62. The summed E-state index contributed by atoms with van der Waals surface area (Å²) < 4.78 is 1.05. The lowest BCUT2D eigenvalue weighted by molar-refractivity contribution is -0.123. The number of carbonyl (C=O) groups is 1. The number of hydrogen-bond acceptors (Lipinski definition) is 1. The van der Waals surface area contributed by atoms with Gasteiger partial charge in [0.2, 0.25) is 5.91 Å². The molecule has 0 aliphatic heterocycles. The molecule has 1 saturated carbocycles. The lowest BCUT2D eigenvalue weighted by Crippen LogP contribution is -2.34. The first-order valence-corrected chi connectivity index (χ1v) is 7.58. The van der Waals surface area contributed by atoms with Gasteiger partial charge in [-0.3, -0.25) is 4.79 Å². The van der Waals surface area contributed by atoms with Crippen molar-refractivity contribution in [1.82, 2.24) is 5.32 Å². The Morgan fingerprint density at radius 1 is 1.05 bits per heavy atom. The maximum Gasteiger partial charge on any atom is 0.230 e. The third-order valence-corrected chi connectivity index (χ3v) is 4.41. The summed E-state index contributed by atoms with van der Waals surface area (Å²) in [5.41, 5.74) is 1.97. The molecule has 1 fully saturated rings. The highest BCUT2D eigenvalue weighted by Crippen LogP contribution is 2.48. The zero-order valence-corrected chi connectivity index (χ0v) is 12.7. The van der Waals surface area contributed by atoms with E-state index in [-0.39, 0.29) is 11.3 Å². The Morgan fingerprint density at radius 2 is 1.70 bits per heavy atom. The first-order valence-electron chi connectivity index (χ1n) is 6.79. The molecule has 20 heavy (non-hydrogen) atoms. The van der Waals surface area contributed by atoms with Crippen molar-refractivity contribution < 1.29 is 4.79 Å². The number of hydrogen-bond donors (Lipinski definition) is 1. The Balaban J connectivity index is 1.67. The van der Waals surface area contributed by atoms with E-state index < -0.39 is 0 Å². The fourth-order valence-corrected chi connectivity index (χ4v) is 2.75. The second kappa shape index (κ2) is 5.41. The third kappa shape index (κ3) is 2.63. The first kappa shape index (κ1) is 13.4. The van der Waals surface area contributed by atoms with Gasteiger partial charge in [0.15, 0.2) is 0 Å². The monoisotopic (exact) mass is 329 g/mol. The largest absolute Gasteiger partial charge is 0.351 e. The smallest absolute Gasteiger partial charge is 0.230 e.